The number of nitrogens with zero attached hydrogens (tertiary/aromatic N) is 3. The highest BCUT2D eigenvalue weighted by molar-refractivity contribution is 5.82. The standard InChI is InChI=1S/C25H23N5O4/c1-30-22-11-18(6-7-23(22)34-25(30)33)17-4-2-15(3-5-17)8-19(12-26)29-24(32)21(27)10-16-9-20(31)14-28-13-16/h2-7,9,11,13-14,19,21,31H,8,10,27H2,1H3,(H,29,32)/t19-,21?/m0/s1. The minimum Gasteiger partial charge on any atom is -0.506 e. The number of aryl methyl sites for hydroxylation is 1. The molecule has 4 aromatic rings. The van der Waals surface area contributed by atoms with Crippen molar-refractivity contribution in [2.75, 3.05) is 0 Å². The van der Waals surface area contributed by atoms with Crippen molar-refractivity contribution in [1.82, 2.24) is 14.9 Å². The molecule has 2 heterocycles. The van der Waals surface area contributed by atoms with Gasteiger partial charge >= 0.3 is 5.76 Å². The van der Waals surface area contributed by atoms with Gasteiger partial charge in [-0.1, -0.05) is 30.3 Å². The lowest BCUT2D eigenvalue weighted by Crippen LogP contribution is -2.46. The van der Waals surface area contributed by atoms with Gasteiger partial charge in [0.15, 0.2) is 5.58 Å². The van der Waals surface area contributed by atoms with Crippen LogP contribution in [0.1, 0.15) is 11.1 Å². The first-order valence-corrected chi connectivity index (χ1v) is 10.6. The van der Waals surface area contributed by atoms with Crippen molar-refractivity contribution in [3.8, 4) is 22.9 Å². The van der Waals surface area contributed by atoms with E-state index >= 15 is 0 Å². The van der Waals surface area contributed by atoms with Gasteiger partial charge in [-0.3, -0.25) is 14.3 Å². The van der Waals surface area contributed by atoms with Crippen LogP contribution in [0.2, 0.25) is 0 Å². The van der Waals surface area contributed by atoms with E-state index in [1.54, 1.807) is 13.1 Å². The average molecular weight is 457 g/mol. The third kappa shape index (κ3) is 4.98. The van der Waals surface area contributed by atoms with Crippen molar-refractivity contribution < 1.29 is 14.3 Å². The molecule has 2 atom stereocenters. The number of pyridine rings is 1. The number of benzene rings is 2. The van der Waals surface area contributed by atoms with Crippen LogP contribution in [0.3, 0.4) is 0 Å². The van der Waals surface area contributed by atoms with Crippen LogP contribution < -0.4 is 16.8 Å². The average Bonchev–Trinajstić information content (AvgIpc) is 3.11. The molecule has 2 aromatic heterocycles. The summed E-state index contributed by atoms with van der Waals surface area (Å²) in [5.41, 5.74) is 10.6. The van der Waals surface area contributed by atoms with Gasteiger partial charge in [-0.2, -0.15) is 5.26 Å². The second-order valence-electron chi connectivity index (χ2n) is 8.06. The zero-order chi connectivity index (χ0) is 24.2. The number of hydrogen-bond donors (Lipinski definition) is 3. The van der Waals surface area contributed by atoms with Crippen LogP contribution >= 0.6 is 0 Å². The molecule has 0 fully saturated rings. The van der Waals surface area contributed by atoms with Crippen molar-refractivity contribution in [2.45, 2.75) is 24.9 Å². The SMILES string of the molecule is Cn1c(=O)oc2ccc(-c3ccc(C[C@@H](C#N)NC(=O)C(N)Cc4cncc(O)c4)cc3)cc21. The number of fused-ring (bicyclic) bond motifs is 1. The summed E-state index contributed by atoms with van der Waals surface area (Å²) in [6.07, 6.45) is 3.33. The Morgan fingerprint density at radius 2 is 1.88 bits per heavy atom. The van der Waals surface area contributed by atoms with E-state index in [0.29, 0.717) is 23.1 Å². The first-order valence-electron chi connectivity index (χ1n) is 10.6. The lowest BCUT2D eigenvalue weighted by Gasteiger charge is -2.16. The maximum absolute atomic E-state index is 12.5. The van der Waals surface area contributed by atoms with Gasteiger partial charge in [0, 0.05) is 19.7 Å². The molecule has 0 saturated heterocycles. The number of nitrogens with one attached hydrogen (secondary N) is 1. The van der Waals surface area contributed by atoms with Crippen molar-refractivity contribution in [3.05, 3.63) is 82.6 Å². The van der Waals surface area contributed by atoms with E-state index in [4.69, 9.17) is 10.2 Å². The van der Waals surface area contributed by atoms with E-state index in [0.717, 1.165) is 16.7 Å². The van der Waals surface area contributed by atoms with Crippen molar-refractivity contribution in [1.29, 1.82) is 5.26 Å². The van der Waals surface area contributed by atoms with Crippen LogP contribution in [0.25, 0.3) is 22.2 Å². The van der Waals surface area contributed by atoms with Gasteiger partial charge in [0.1, 0.15) is 11.8 Å². The van der Waals surface area contributed by atoms with E-state index in [9.17, 15) is 20.0 Å². The molecule has 0 radical (unpaired) electrons. The molecule has 1 unspecified atom stereocenters. The lowest BCUT2D eigenvalue weighted by molar-refractivity contribution is -0.122. The molecule has 4 rings (SSSR count). The predicted octanol–water partition coefficient (Wildman–Crippen LogP) is 2.02. The van der Waals surface area contributed by atoms with Crippen molar-refractivity contribution >= 4 is 17.0 Å². The first kappa shape index (κ1) is 22.8. The normalized spacial score (nSPS) is 12.7. The van der Waals surface area contributed by atoms with Gasteiger partial charge in [-0.15, -0.1) is 0 Å². The summed E-state index contributed by atoms with van der Waals surface area (Å²) in [6, 6.07) is 15.1. The maximum Gasteiger partial charge on any atom is 0.419 e. The monoisotopic (exact) mass is 457 g/mol. The Bertz CT molecular complexity index is 1430. The molecule has 0 saturated carbocycles. The molecule has 0 aliphatic heterocycles. The van der Waals surface area contributed by atoms with E-state index in [2.05, 4.69) is 16.4 Å². The summed E-state index contributed by atoms with van der Waals surface area (Å²) in [5, 5.41) is 21.7. The molecule has 0 spiro atoms. The minimum absolute atomic E-state index is 0.00260. The lowest BCUT2D eigenvalue weighted by atomic mass is 10.0. The van der Waals surface area contributed by atoms with Gasteiger partial charge < -0.3 is 20.6 Å². The summed E-state index contributed by atoms with van der Waals surface area (Å²) >= 11 is 0. The maximum atomic E-state index is 12.5. The highest BCUT2D eigenvalue weighted by Gasteiger charge is 2.19. The Balaban J connectivity index is 1.40. The zero-order valence-corrected chi connectivity index (χ0v) is 18.4. The van der Waals surface area contributed by atoms with E-state index in [1.807, 2.05) is 36.4 Å². The highest BCUT2D eigenvalue weighted by Crippen LogP contribution is 2.24. The fraction of sp³-hybridized carbons (Fsp3) is 0.200. The minimum atomic E-state index is -0.879. The number of rotatable bonds is 7. The van der Waals surface area contributed by atoms with Crippen LogP contribution in [-0.2, 0) is 24.7 Å². The number of nitriles is 1. The smallest absolute Gasteiger partial charge is 0.419 e. The van der Waals surface area contributed by atoms with E-state index in [1.165, 1.54) is 23.0 Å². The number of nitrogens with two attached hydrogens (primary N) is 1. The van der Waals surface area contributed by atoms with Gasteiger partial charge in [-0.25, -0.2) is 4.79 Å². The van der Waals surface area contributed by atoms with Gasteiger partial charge in [0.25, 0.3) is 0 Å². The molecule has 9 nitrogen and oxygen atoms in total. The molecule has 0 aliphatic rings. The summed E-state index contributed by atoms with van der Waals surface area (Å²) in [5.74, 6) is -0.867. The number of aromatic nitrogens is 2. The van der Waals surface area contributed by atoms with Gasteiger partial charge in [0.05, 0.1) is 23.8 Å². The number of amides is 1. The predicted molar refractivity (Wildman–Crippen MR) is 126 cm³/mol. The van der Waals surface area contributed by atoms with Crippen LogP contribution in [0.15, 0.2) is 70.1 Å². The summed E-state index contributed by atoms with van der Waals surface area (Å²) < 4.78 is 6.62. The fourth-order valence-electron chi connectivity index (χ4n) is 3.72. The Morgan fingerprint density at radius 1 is 1.15 bits per heavy atom. The molecular formula is C25H23N5O4. The Labute approximate surface area is 195 Å². The molecule has 0 bridgehead atoms. The van der Waals surface area contributed by atoms with Crippen LogP contribution in [0.4, 0.5) is 0 Å². The van der Waals surface area contributed by atoms with Crippen LogP contribution in [-0.4, -0.2) is 32.6 Å². The van der Waals surface area contributed by atoms with Crippen LogP contribution in [0.5, 0.6) is 5.75 Å². The summed E-state index contributed by atoms with van der Waals surface area (Å²) in [4.78, 5) is 28.0. The number of aromatic hydroxyl groups is 1. The number of oxazole rings is 1. The van der Waals surface area contributed by atoms with E-state index in [-0.39, 0.29) is 12.2 Å². The Morgan fingerprint density at radius 3 is 2.59 bits per heavy atom. The molecule has 1 amide bonds. The topological polar surface area (TPSA) is 147 Å². The number of carbonyl (C=O) groups excluding carboxylic acids is 1. The second kappa shape index (κ2) is 9.60. The molecule has 0 aliphatic carbocycles. The highest BCUT2D eigenvalue weighted by atomic mass is 16.4. The largest absolute Gasteiger partial charge is 0.506 e. The molecule has 34 heavy (non-hydrogen) atoms. The van der Waals surface area contributed by atoms with Crippen LogP contribution in [0, 0.1) is 11.3 Å². The van der Waals surface area contributed by atoms with Crippen molar-refractivity contribution in [2.24, 2.45) is 12.8 Å². The summed E-state index contributed by atoms with van der Waals surface area (Å²) in [6.45, 7) is 0. The fourth-order valence-corrected chi connectivity index (χ4v) is 3.72. The molecule has 2 aromatic carbocycles. The van der Waals surface area contributed by atoms with E-state index < -0.39 is 23.7 Å². The number of carbonyl (C=O) groups is 1. The Kier molecular flexibility index (Phi) is 6.43. The van der Waals surface area contributed by atoms with Gasteiger partial charge in [-0.05, 0) is 46.9 Å². The summed E-state index contributed by atoms with van der Waals surface area (Å²) in [7, 11) is 1.66. The molecule has 172 valence electrons. The molecule has 4 N–H and O–H groups in total. The Hall–Kier alpha value is -4.42. The van der Waals surface area contributed by atoms with Crippen molar-refractivity contribution in [3.63, 3.8) is 0 Å². The molecule has 9 heteroatoms. The molecular weight excluding hydrogens is 434 g/mol. The zero-order valence-electron chi connectivity index (χ0n) is 18.4. The quantitative estimate of drug-likeness (QED) is 0.385. The first-order chi connectivity index (χ1) is 16.3. The third-order valence-corrected chi connectivity index (χ3v) is 5.56. The second-order valence-corrected chi connectivity index (χ2v) is 8.06. The van der Waals surface area contributed by atoms with Gasteiger partial charge in [0.2, 0.25) is 5.91 Å². The number of hydrogen-bond acceptors (Lipinski definition) is 7. The third-order valence-electron chi connectivity index (χ3n) is 5.56.